The first-order chi connectivity index (χ1) is 16.3. The van der Waals surface area contributed by atoms with Gasteiger partial charge >= 0.3 is 0 Å². The minimum absolute atomic E-state index is 0.00914. The third-order valence-electron chi connectivity index (χ3n) is 6.17. The molecule has 5 nitrogen and oxygen atoms in total. The average molecular weight is 494 g/mol. The molecule has 4 aromatic rings. The summed E-state index contributed by atoms with van der Waals surface area (Å²) >= 11 is 12.2. The van der Waals surface area contributed by atoms with E-state index in [2.05, 4.69) is 15.5 Å². The quantitative estimate of drug-likeness (QED) is 0.338. The molecule has 1 heterocycles. The standard InChI is InChI=1S/C27H25Cl2N3O2/c1-16(25-22-5-3-4-6-23(22)27(34)32-31-25)26(33)30-17(2)24(19-9-13-21(29)14-10-19)15-18-7-11-20(28)12-8-18/h3-14,16-17,24H,15H2,1-2H3,(H,30,33)(H,32,34)/t16?,17-,24+/m1/s1. The Morgan fingerprint density at radius 3 is 2.15 bits per heavy atom. The van der Waals surface area contributed by atoms with Crippen LogP contribution in [-0.2, 0) is 11.2 Å². The largest absolute Gasteiger partial charge is 0.352 e. The zero-order valence-electron chi connectivity index (χ0n) is 18.9. The Morgan fingerprint density at radius 1 is 0.912 bits per heavy atom. The molecule has 2 N–H and O–H groups in total. The van der Waals surface area contributed by atoms with Crippen molar-refractivity contribution in [2.45, 2.75) is 38.1 Å². The van der Waals surface area contributed by atoms with Crippen molar-refractivity contribution in [3.05, 3.63) is 110 Å². The van der Waals surface area contributed by atoms with Gasteiger partial charge < -0.3 is 5.32 Å². The molecule has 4 rings (SSSR count). The van der Waals surface area contributed by atoms with Crippen molar-refractivity contribution in [3.63, 3.8) is 0 Å². The average Bonchev–Trinajstić information content (AvgIpc) is 2.84. The maximum absolute atomic E-state index is 13.3. The van der Waals surface area contributed by atoms with Gasteiger partial charge in [-0.15, -0.1) is 0 Å². The van der Waals surface area contributed by atoms with Crippen molar-refractivity contribution >= 4 is 39.9 Å². The molecule has 0 radical (unpaired) electrons. The second-order valence-corrected chi connectivity index (χ2v) is 9.36. The molecular weight excluding hydrogens is 469 g/mol. The Balaban J connectivity index is 1.59. The number of nitrogens with one attached hydrogen (secondary N) is 2. The second-order valence-electron chi connectivity index (χ2n) is 8.49. The first-order valence-corrected chi connectivity index (χ1v) is 11.9. The molecule has 0 aliphatic carbocycles. The Kier molecular flexibility index (Phi) is 7.35. The number of amides is 1. The first-order valence-electron chi connectivity index (χ1n) is 11.1. The van der Waals surface area contributed by atoms with E-state index in [9.17, 15) is 9.59 Å². The van der Waals surface area contributed by atoms with E-state index in [1.807, 2.05) is 67.6 Å². The molecule has 7 heteroatoms. The Bertz CT molecular complexity index is 1350. The monoisotopic (exact) mass is 493 g/mol. The molecule has 1 amide bonds. The van der Waals surface area contributed by atoms with Gasteiger partial charge in [0, 0.05) is 27.4 Å². The molecule has 0 aliphatic rings. The number of nitrogens with zero attached hydrogens (tertiary/aromatic N) is 1. The van der Waals surface area contributed by atoms with Gasteiger partial charge in [-0.1, -0.05) is 65.7 Å². The number of halogens is 2. The number of hydrogen-bond acceptors (Lipinski definition) is 3. The topological polar surface area (TPSA) is 74.8 Å². The van der Waals surface area contributed by atoms with Crippen molar-refractivity contribution < 1.29 is 4.79 Å². The summed E-state index contributed by atoms with van der Waals surface area (Å²) in [5.41, 5.74) is 2.46. The number of aromatic nitrogens is 2. The smallest absolute Gasteiger partial charge is 0.272 e. The summed E-state index contributed by atoms with van der Waals surface area (Å²) in [6, 6.07) is 22.4. The molecule has 0 aliphatic heterocycles. The van der Waals surface area contributed by atoms with Crippen LogP contribution >= 0.6 is 23.2 Å². The predicted molar refractivity (Wildman–Crippen MR) is 138 cm³/mol. The van der Waals surface area contributed by atoms with Crippen LogP contribution in [0.25, 0.3) is 10.8 Å². The van der Waals surface area contributed by atoms with Crippen LogP contribution in [0.5, 0.6) is 0 Å². The zero-order valence-corrected chi connectivity index (χ0v) is 20.4. The summed E-state index contributed by atoms with van der Waals surface area (Å²) < 4.78 is 0. The summed E-state index contributed by atoms with van der Waals surface area (Å²) in [7, 11) is 0. The molecule has 3 atom stereocenters. The lowest BCUT2D eigenvalue weighted by molar-refractivity contribution is -0.123. The van der Waals surface area contributed by atoms with E-state index in [1.54, 1.807) is 19.1 Å². The fourth-order valence-corrected chi connectivity index (χ4v) is 4.46. The van der Waals surface area contributed by atoms with Gasteiger partial charge in [-0.2, -0.15) is 5.10 Å². The number of rotatable bonds is 7. The van der Waals surface area contributed by atoms with Crippen LogP contribution in [0, 0.1) is 0 Å². The molecule has 0 saturated heterocycles. The van der Waals surface area contributed by atoms with E-state index < -0.39 is 5.92 Å². The molecular formula is C27H25Cl2N3O2. The van der Waals surface area contributed by atoms with Crippen molar-refractivity contribution in [2.24, 2.45) is 0 Å². The molecule has 0 bridgehead atoms. The number of hydrogen-bond donors (Lipinski definition) is 2. The molecule has 174 valence electrons. The number of aromatic amines is 1. The Hall–Kier alpha value is -3.15. The van der Waals surface area contributed by atoms with Crippen LogP contribution in [0.3, 0.4) is 0 Å². The van der Waals surface area contributed by atoms with Gasteiger partial charge in [0.15, 0.2) is 0 Å². The van der Waals surface area contributed by atoms with E-state index in [1.165, 1.54) is 0 Å². The third-order valence-corrected chi connectivity index (χ3v) is 6.67. The Labute approximate surface area is 208 Å². The molecule has 1 aromatic heterocycles. The highest BCUT2D eigenvalue weighted by Gasteiger charge is 2.26. The number of carbonyl (C=O) groups is 1. The Morgan fingerprint density at radius 2 is 1.50 bits per heavy atom. The highest BCUT2D eigenvalue weighted by Crippen LogP contribution is 2.28. The molecule has 0 spiro atoms. The molecule has 34 heavy (non-hydrogen) atoms. The lowest BCUT2D eigenvalue weighted by atomic mass is 9.86. The first kappa shape index (κ1) is 24.0. The number of H-pyrrole nitrogens is 1. The maximum atomic E-state index is 13.3. The molecule has 1 unspecified atom stereocenters. The van der Waals surface area contributed by atoms with Crippen LogP contribution in [0.15, 0.2) is 77.6 Å². The van der Waals surface area contributed by atoms with E-state index in [4.69, 9.17) is 23.2 Å². The minimum atomic E-state index is -0.550. The van der Waals surface area contributed by atoms with E-state index in [-0.39, 0.29) is 23.4 Å². The van der Waals surface area contributed by atoms with Crippen LogP contribution in [0.1, 0.15) is 42.5 Å². The van der Waals surface area contributed by atoms with Crippen molar-refractivity contribution in [3.8, 4) is 0 Å². The lowest BCUT2D eigenvalue weighted by Gasteiger charge is -2.27. The van der Waals surface area contributed by atoms with Gasteiger partial charge in [0.2, 0.25) is 5.91 Å². The number of benzene rings is 3. The normalized spacial score (nSPS) is 13.9. The summed E-state index contributed by atoms with van der Waals surface area (Å²) in [5, 5.41) is 12.4. The van der Waals surface area contributed by atoms with Crippen LogP contribution in [-0.4, -0.2) is 22.1 Å². The highest BCUT2D eigenvalue weighted by atomic mass is 35.5. The molecule has 0 saturated carbocycles. The van der Waals surface area contributed by atoms with Gasteiger partial charge in [-0.3, -0.25) is 9.59 Å². The maximum Gasteiger partial charge on any atom is 0.272 e. The van der Waals surface area contributed by atoms with E-state index in [0.29, 0.717) is 32.9 Å². The summed E-state index contributed by atoms with van der Waals surface area (Å²) in [6.07, 6.45) is 0.717. The third kappa shape index (κ3) is 5.32. The van der Waals surface area contributed by atoms with Crippen LogP contribution < -0.4 is 10.9 Å². The fraction of sp³-hybridized carbons (Fsp3) is 0.222. The van der Waals surface area contributed by atoms with Crippen LogP contribution in [0.4, 0.5) is 0 Å². The van der Waals surface area contributed by atoms with Gasteiger partial charge in [0.25, 0.3) is 5.56 Å². The minimum Gasteiger partial charge on any atom is -0.352 e. The number of fused-ring (bicyclic) bond motifs is 1. The van der Waals surface area contributed by atoms with Crippen molar-refractivity contribution in [1.82, 2.24) is 15.5 Å². The SMILES string of the molecule is CC(C(=O)N[C@H](C)[C@H](Cc1ccc(Cl)cc1)c1ccc(Cl)cc1)c1n[nH]c(=O)c2ccccc12. The molecule has 3 aromatic carbocycles. The number of carbonyl (C=O) groups excluding carboxylic acids is 1. The van der Waals surface area contributed by atoms with Crippen molar-refractivity contribution in [2.75, 3.05) is 0 Å². The van der Waals surface area contributed by atoms with Gasteiger partial charge in [0.1, 0.15) is 0 Å². The van der Waals surface area contributed by atoms with Crippen molar-refractivity contribution in [1.29, 1.82) is 0 Å². The van der Waals surface area contributed by atoms with Crippen LogP contribution in [0.2, 0.25) is 10.0 Å². The predicted octanol–water partition coefficient (Wildman–Crippen LogP) is 5.86. The zero-order chi connectivity index (χ0) is 24.2. The fourth-order valence-electron chi connectivity index (χ4n) is 4.21. The van der Waals surface area contributed by atoms with E-state index >= 15 is 0 Å². The summed E-state index contributed by atoms with van der Waals surface area (Å²) in [4.78, 5) is 25.4. The lowest BCUT2D eigenvalue weighted by Crippen LogP contribution is -2.40. The van der Waals surface area contributed by atoms with E-state index in [0.717, 1.165) is 11.1 Å². The van der Waals surface area contributed by atoms with Gasteiger partial charge in [-0.25, -0.2) is 5.10 Å². The summed E-state index contributed by atoms with van der Waals surface area (Å²) in [5.74, 6) is -0.701. The van der Waals surface area contributed by atoms with Gasteiger partial charge in [-0.05, 0) is 61.7 Å². The summed E-state index contributed by atoms with van der Waals surface area (Å²) in [6.45, 7) is 3.80. The highest BCUT2D eigenvalue weighted by molar-refractivity contribution is 6.30. The molecule has 0 fully saturated rings. The second kappa shape index (κ2) is 10.4. The van der Waals surface area contributed by atoms with Gasteiger partial charge in [0.05, 0.1) is 17.0 Å².